The molecule has 0 aromatic heterocycles. The maximum absolute atomic E-state index is 10.9. The lowest BCUT2D eigenvalue weighted by molar-refractivity contribution is 0.0674. The number of benzene rings is 1. The topological polar surface area (TPSA) is 94.8 Å². The number of aliphatic hydroxyl groups is 1. The number of aromatic carboxylic acids is 2. The summed E-state index contributed by atoms with van der Waals surface area (Å²) in [7, 11) is 0. The molecule has 1 aromatic carbocycles. The van der Waals surface area contributed by atoms with E-state index < -0.39 is 18.0 Å². The van der Waals surface area contributed by atoms with Gasteiger partial charge in [-0.1, -0.05) is 6.92 Å². The quantitative estimate of drug-likeness (QED) is 0.720. The van der Waals surface area contributed by atoms with Crippen LogP contribution in [0.2, 0.25) is 0 Å². The first-order valence-electron chi connectivity index (χ1n) is 4.76. The van der Waals surface area contributed by atoms with Gasteiger partial charge in [0.2, 0.25) is 0 Å². The standard InChI is InChI=1S/C11H12O5/c1-2-9(12)8-5-6(10(13)14)3-4-7(8)11(15)16/h3-5,9,12H,2H2,1H3,(H,13,14)(H,15,16). The lowest BCUT2D eigenvalue weighted by atomic mass is 9.98. The van der Waals surface area contributed by atoms with Gasteiger partial charge in [0.1, 0.15) is 0 Å². The van der Waals surface area contributed by atoms with Gasteiger partial charge < -0.3 is 15.3 Å². The molecule has 1 aromatic rings. The molecule has 3 N–H and O–H groups in total. The summed E-state index contributed by atoms with van der Waals surface area (Å²) < 4.78 is 0. The molecular formula is C11H12O5. The Morgan fingerprint density at radius 3 is 2.31 bits per heavy atom. The normalized spacial score (nSPS) is 12.1. The van der Waals surface area contributed by atoms with E-state index in [0.717, 1.165) is 0 Å². The smallest absolute Gasteiger partial charge is 0.336 e. The monoisotopic (exact) mass is 224 g/mol. The first kappa shape index (κ1) is 12.2. The van der Waals surface area contributed by atoms with E-state index in [0.29, 0.717) is 6.42 Å². The fourth-order valence-electron chi connectivity index (χ4n) is 1.39. The van der Waals surface area contributed by atoms with Crippen LogP contribution in [0.15, 0.2) is 18.2 Å². The molecule has 0 spiro atoms. The molecule has 0 radical (unpaired) electrons. The Labute approximate surface area is 92.0 Å². The predicted octanol–water partition coefficient (Wildman–Crippen LogP) is 1.53. The molecule has 0 saturated carbocycles. The van der Waals surface area contributed by atoms with E-state index in [1.165, 1.54) is 18.2 Å². The van der Waals surface area contributed by atoms with E-state index in [2.05, 4.69) is 0 Å². The van der Waals surface area contributed by atoms with Gasteiger partial charge in [0.15, 0.2) is 0 Å². The fraction of sp³-hybridized carbons (Fsp3) is 0.273. The van der Waals surface area contributed by atoms with Crippen molar-refractivity contribution in [2.45, 2.75) is 19.4 Å². The van der Waals surface area contributed by atoms with Crippen molar-refractivity contribution in [1.29, 1.82) is 0 Å². The Hall–Kier alpha value is -1.88. The van der Waals surface area contributed by atoms with Crippen molar-refractivity contribution in [3.05, 3.63) is 34.9 Å². The zero-order valence-corrected chi connectivity index (χ0v) is 8.67. The highest BCUT2D eigenvalue weighted by molar-refractivity contribution is 5.93. The van der Waals surface area contributed by atoms with Crippen LogP contribution in [-0.4, -0.2) is 27.3 Å². The van der Waals surface area contributed by atoms with Gasteiger partial charge in [0.05, 0.1) is 17.2 Å². The minimum atomic E-state index is -1.18. The molecule has 5 nitrogen and oxygen atoms in total. The molecule has 0 aliphatic heterocycles. The molecule has 0 saturated heterocycles. The Morgan fingerprint density at radius 2 is 1.88 bits per heavy atom. The number of carboxylic acids is 2. The highest BCUT2D eigenvalue weighted by atomic mass is 16.4. The zero-order valence-electron chi connectivity index (χ0n) is 8.67. The van der Waals surface area contributed by atoms with Gasteiger partial charge in [-0.3, -0.25) is 0 Å². The van der Waals surface area contributed by atoms with Crippen LogP contribution in [0.5, 0.6) is 0 Å². The van der Waals surface area contributed by atoms with Crippen LogP contribution >= 0.6 is 0 Å². The number of hydrogen-bond acceptors (Lipinski definition) is 3. The first-order chi connectivity index (χ1) is 7.47. The van der Waals surface area contributed by atoms with Crippen LogP contribution in [0.4, 0.5) is 0 Å². The average Bonchev–Trinajstić information content (AvgIpc) is 2.26. The van der Waals surface area contributed by atoms with Crippen molar-refractivity contribution in [2.75, 3.05) is 0 Å². The maximum atomic E-state index is 10.9. The molecule has 0 bridgehead atoms. The minimum Gasteiger partial charge on any atom is -0.478 e. The molecule has 1 atom stereocenters. The van der Waals surface area contributed by atoms with Crippen LogP contribution in [-0.2, 0) is 0 Å². The van der Waals surface area contributed by atoms with E-state index in [1.807, 2.05) is 0 Å². The Balaban J connectivity index is 3.32. The van der Waals surface area contributed by atoms with E-state index in [4.69, 9.17) is 10.2 Å². The summed E-state index contributed by atoms with van der Waals surface area (Å²) in [6.07, 6.45) is -0.644. The maximum Gasteiger partial charge on any atom is 0.336 e. The highest BCUT2D eigenvalue weighted by Crippen LogP contribution is 2.22. The molecule has 0 fully saturated rings. The van der Waals surface area contributed by atoms with Gasteiger partial charge in [-0.05, 0) is 30.2 Å². The van der Waals surface area contributed by atoms with Gasteiger partial charge in [-0.2, -0.15) is 0 Å². The third-order valence-electron chi connectivity index (χ3n) is 2.27. The third kappa shape index (κ3) is 2.38. The second kappa shape index (κ2) is 4.76. The molecule has 0 heterocycles. The van der Waals surface area contributed by atoms with Crippen LogP contribution in [0.1, 0.15) is 45.7 Å². The van der Waals surface area contributed by atoms with Crippen molar-refractivity contribution in [3.8, 4) is 0 Å². The zero-order chi connectivity index (χ0) is 12.3. The summed E-state index contributed by atoms with van der Waals surface area (Å²) in [5, 5.41) is 27.3. The number of carbonyl (C=O) groups is 2. The van der Waals surface area contributed by atoms with Gasteiger partial charge in [0, 0.05) is 0 Å². The molecule has 5 heteroatoms. The van der Waals surface area contributed by atoms with Crippen molar-refractivity contribution in [2.24, 2.45) is 0 Å². The van der Waals surface area contributed by atoms with Crippen LogP contribution in [0.3, 0.4) is 0 Å². The molecule has 1 unspecified atom stereocenters. The Bertz CT molecular complexity index is 424. The number of carboxylic acid groups (broad SMARTS) is 2. The number of rotatable bonds is 4. The van der Waals surface area contributed by atoms with E-state index >= 15 is 0 Å². The largest absolute Gasteiger partial charge is 0.478 e. The van der Waals surface area contributed by atoms with Crippen LogP contribution < -0.4 is 0 Å². The molecule has 86 valence electrons. The molecule has 0 aliphatic rings. The summed E-state index contributed by atoms with van der Waals surface area (Å²) in [6.45, 7) is 1.68. The van der Waals surface area contributed by atoms with Gasteiger partial charge in [-0.25, -0.2) is 9.59 Å². The summed E-state index contributed by atoms with van der Waals surface area (Å²) in [5.41, 5.74) is 0.0294. The second-order valence-electron chi connectivity index (χ2n) is 3.34. The third-order valence-corrected chi connectivity index (χ3v) is 2.27. The van der Waals surface area contributed by atoms with E-state index in [9.17, 15) is 14.7 Å². The summed E-state index contributed by atoms with van der Waals surface area (Å²) in [5.74, 6) is -2.33. The molecule has 16 heavy (non-hydrogen) atoms. The molecular weight excluding hydrogens is 212 g/mol. The molecule has 1 rings (SSSR count). The van der Waals surface area contributed by atoms with Gasteiger partial charge in [0.25, 0.3) is 0 Å². The van der Waals surface area contributed by atoms with Crippen molar-refractivity contribution >= 4 is 11.9 Å². The SMILES string of the molecule is CCC(O)c1cc(C(=O)O)ccc1C(=O)O. The lowest BCUT2D eigenvalue weighted by Crippen LogP contribution is -2.09. The fourth-order valence-corrected chi connectivity index (χ4v) is 1.39. The summed E-state index contributed by atoms with van der Waals surface area (Å²) >= 11 is 0. The van der Waals surface area contributed by atoms with E-state index in [-0.39, 0.29) is 16.7 Å². The summed E-state index contributed by atoms with van der Waals surface area (Å²) in [6, 6.07) is 3.59. The predicted molar refractivity (Wildman–Crippen MR) is 55.6 cm³/mol. The van der Waals surface area contributed by atoms with Crippen molar-refractivity contribution in [1.82, 2.24) is 0 Å². The lowest BCUT2D eigenvalue weighted by Gasteiger charge is -2.12. The summed E-state index contributed by atoms with van der Waals surface area (Å²) in [4.78, 5) is 21.6. The molecule has 0 aliphatic carbocycles. The van der Waals surface area contributed by atoms with Crippen molar-refractivity contribution < 1.29 is 24.9 Å². The average molecular weight is 224 g/mol. The van der Waals surface area contributed by atoms with E-state index in [1.54, 1.807) is 6.92 Å². The Kier molecular flexibility index (Phi) is 3.63. The van der Waals surface area contributed by atoms with Gasteiger partial charge in [-0.15, -0.1) is 0 Å². The van der Waals surface area contributed by atoms with Crippen molar-refractivity contribution in [3.63, 3.8) is 0 Å². The highest BCUT2D eigenvalue weighted by Gasteiger charge is 2.17. The minimum absolute atomic E-state index is 0.0347. The molecule has 0 amide bonds. The first-order valence-corrected chi connectivity index (χ1v) is 4.76. The number of aliphatic hydroxyl groups excluding tert-OH is 1. The van der Waals surface area contributed by atoms with Crippen LogP contribution in [0, 0.1) is 0 Å². The van der Waals surface area contributed by atoms with Crippen LogP contribution in [0.25, 0.3) is 0 Å². The number of hydrogen-bond donors (Lipinski definition) is 3. The Morgan fingerprint density at radius 1 is 1.25 bits per heavy atom. The van der Waals surface area contributed by atoms with Gasteiger partial charge >= 0.3 is 11.9 Å². The second-order valence-corrected chi connectivity index (χ2v) is 3.34.